The number of nitrogens with one attached hydrogen (secondary N) is 2. The summed E-state index contributed by atoms with van der Waals surface area (Å²) < 4.78 is 5.73. The fraction of sp³-hybridized carbons (Fsp3) is 0.444. The summed E-state index contributed by atoms with van der Waals surface area (Å²) in [5.41, 5.74) is 0. The van der Waals surface area contributed by atoms with Crippen molar-refractivity contribution in [3.63, 3.8) is 0 Å². The molecule has 0 saturated carbocycles. The average Bonchev–Trinajstić information content (AvgIpc) is 2.48. The van der Waals surface area contributed by atoms with E-state index in [1.807, 2.05) is 0 Å². The van der Waals surface area contributed by atoms with Gasteiger partial charge in [-0.1, -0.05) is 0 Å². The number of carbonyl (C=O) groups is 1. The second kappa shape index (κ2) is 5.53. The lowest BCUT2D eigenvalue weighted by Gasteiger charge is -2.26. The standard InChI is InChI=1S/C9H11BrN2O2.ClH/c10-7-1-2-14-8(7)9(13)12-5-6-3-11-4-6;/h1-2,6,11H,3-5H2,(H,12,13);1H. The van der Waals surface area contributed by atoms with Crippen molar-refractivity contribution < 1.29 is 9.21 Å². The Balaban J connectivity index is 0.00000112. The highest BCUT2D eigenvalue weighted by atomic mass is 79.9. The van der Waals surface area contributed by atoms with Gasteiger partial charge >= 0.3 is 0 Å². The minimum absolute atomic E-state index is 0. The number of furan rings is 1. The van der Waals surface area contributed by atoms with Crippen molar-refractivity contribution in [3.05, 3.63) is 22.6 Å². The first-order valence-electron chi connectivity index (χ1n) is 4.49. The molecule has 0 bridgehead atoms. The summed E-state index contributed by atoms with van der Waals surface area (Å²) in [7, 11) is 0. The lowest BCUT2D eigenvalue weighted by molar-refractivity contribution is 0.0913. The highest BCUT2D eigenvalue weighted by Crippen LogP contribution is 2.17. The molecule has 15 heavy (non-hydrogen) atoms. The fourth-order valence-electron chi connectivity index (χ4n) is 1.27. The third-order valence-corrected chi connectivity index (χ3v) is 2.87. The van der Waals surface area contributed by atoms with Crippen LogP contribution >= 0.6 is 28.3 Å². The Labute approximate surface area is 102 Å². The summed E-state index contributed by atoms with van der Waals surface area (Å²) in [6, 6.07) is 1.71. The van der Waals surface area contributed by atoms with Crippen LogP contribution in [0, 0.1) is 5.92 Å². The van der Waals surface area contributed by atoms with E-state index in [2.05, 4.69) is 26.6 Å². The number of hydrogen-bond acceptors (Lipinski definition) is 3. The van der Waals surface area contributed by atoms with E-state index < -0.39 is 0 Å². The molecule has 0 spiro atoms. The number of rotatable bonds is 3. The van der Waals surface area contributed by atoms with Crippen LogP contribution in [0.5, 0.6) is 0 Å². The molecule has 1 aliphatic rings. The van der Waals surface area contributed by atoms with Gasteiger partial charge in [-0.15, -0.1) is 12.4 Å². The molecule has 1 aromatic heterocycles. The molecule has 6 heteroatoms. The van der Waals surface area contributed by atoms with Gasteiger partial charge in [0.25, 0.3) is 5.91 Å². The van der Waals surface area contributed by atoms with Crippen molar-refractivity contribution in [2.45, 2.75) is 0 Å². The van der Waals surface area contributed by atoms with Crippen molar-refractivity contribution in [1.82, 2.24) is 10.6 Å². The highest BCUT2D eigenvalue weighted by molar-refractivity contribution is 9.10. The minimum Gasteiger partial charge on any atom is -0.458 e. The van der Waals surface area contributed by atoms with Crippen LogP contribution in [0.4, 0.5) is 0 Å². The van der Waals surface area contributed by atoms with Crippen LogP contribution in [0.3, 0.4) is 0 Å². The van der Waals surface area contributed by atoms with Crippen molar-refractivity contribution in [3.8, 4) is 0 Å². The van der Waals surface area contributed by atoms with Crippen LogP contribution in [-0.4, -0.2) is 25.5 Å². The van der Waals surface area contributed by atoms with E-state index in [1.54, 1.807) is 6.07 Å². The molecule has 4 nitrogen and oxygen atoms in total. The normalized spacial score (nSPS) is 15.3. The van der Waals surface area contributed by atoms with Gasteiger partial charge in [-0.05, 0) is 22.0 Å². The zero-order valence-corrected chi connectivity index (χ0v) is 10.4. The molecule has 1 saturated heterocycles. The van der Waals surface area contributed by atoms with Gasteiger partial charge in [-0.2, -0.15) is 0 Å². The van der Waals surface area contributed by atoms with Gasteiger partial charge in [-0.3, -0.25) is 4.79 Å². The first-order chi connectivity index (χ1) is 6.77. The Hall–Kier alpha value is -0.520. The summed E-state index contributed by atoms with van der Waals surface area (Å²) >= 11 is 3.24. The number of carbonyl (C=O) groups excluding carboxylic acids is 1. The first-order valence-corrected chi connectivity index (χ1v) is 5.28. The van der Waals surface area contributed by atoms with Gasteiger partial charge in [0.1, 0.15) is 0 Å². The van der Waals surface area contributed by atoms with Crippen LogP contribution in [0.2, 0.25) is 0 Å². The van der Waals surface area contributed by atoms with E-state index in [0.29, 0.717) is 22.7 Å². The van der Waals surface area contributed by atoms with Crippen LogP contribution in [0.1, 0.15) is 10.6 Å². The molecular weight excluding hydrogens is 283 g/mol. The van der Waals surface area contributed by atoms with Gasteiger partial charge < -0.3 is 15.1 Å². The summed E-state index contributed by atoms with van der Waals surface area (Å²) in [5.74, 6) is 0.749. The molecule has 1 amide bonds. The van der Waals surface area contributed by atoms with E-state index in [9.17, 15) is 4.79 Å². The molecule has 84 valence electrons. The molecule has 0 unspecified atom stereocenters. The predicted molar refractivity (Wildman–Crippen MR) is 62.3 cm³/mol. The largest absolute Gasteiger partial charge is 0.458 e. The smallest absolute Gasteiger partial charge is 0.288 e. The Morgan fingerprint density at radius 3 is 2.87 bits per heavy atom. The van der Waals surface area contributed by atoms with Crippen LogP contribution in [0.15, 0.2) is 21.2 Å². The van der Waals surface area contributed by atoms with Crippen molar-refractivity contribution >= 4 is 34.2 Å². The van der Waals surface area contributed by atoms with Gasteiger partial charge in [0.05, 0.1) is 10.7 Å². The zero-order chi connectivity index (χ0) is 9.97. The molecule has 2 heterocycles. The quantitative estimate of drug-likeness (QED) is 0.886. The summed E-state index contributed by atoms with van der Waals surface area (Å²) in [4.78, 5) is 11.5. The van der Waals surface area contributed by atoms with Gasteiger partial charge in [0.2, 0.25) is 5.76 Å². The highest BCUT2D eigenvalue weighted by Gasteiger charge is 2.19. The number of halogens is 2. The monoisotopic (exact) mass is 294 g/mol. The summed E-state index contributed by atoms with van der Waals surface area (Å²) in [6.07, 6.45) is 1.49. The molecule has 2 rings (SSSR count). The van der Waals surface area contributed by atoms with Gasteiger partial charge in [0, 0.05) is 25.6 Å². The van der Waals surface area contributed by atoms with E-state index in [0.717, 1.165) is 13.1 Å². The summed E-state index contributed by atoms with van der Waals surface area (Å²) in [6.45, 7) is 2.68. The van der Waals surface area contributed by atoms with E-state index in [-0.39, 0.29) is 18.3 Å². The Morgan fingerprint density at radius 2 is 2.40 bits per heavy atom. The lowest BCUT2D eigenvalue weighted by atomic mass is 10.0. The third-order valence-electron chi connectivity index (χ3n) is 2.24. The molecular formula is C9H12BrClN2O2. The van der Waals surface area contributed by atoms with Crippen LogP contribution in [-0.2, 0) is 0 Å². The Bertz CT molecular complexity index is 339. The van der Waals surface area contributed by atoms with Gasteiger partial charge in [-0.25, -0.2) is 0 Å². The molecule has 0 radical (unpaired) electrons. The SMILES string of the molecule is Cl.O=C(NCC1CNC1)c1occc1Br. The van der Waals surface area contributed by atoms with Crippen molar-refractivity contribution in [2.75, 3.05) is 19.6 Å². The van der Waals surface area contributed by atoms with Crippen molar-refractivity contribution in [1.29, 1.82) is 0 Å². The maximum atomic E-state index is 11.5. The van der Waals surface area contributed by atoms with E-state index in [1.165, 1.54) is 6.26 Å². The molecule has 1 fully saturated rings. The topological polar surface area (TPSA) is 54.3 Å². The van der Waals surface area contributed by atoms with E-state index >= 15 is 0 Å². The number of amides is 1. The number of hydrogen-bond donors (Lipinski definition) is 2. The maximum absolute atomic E-state index is 11.5. The molecule has 1 aromatic rings. The van der Waals surface area contributed by atoms with E-state index in [4.69, 9.17) is 4.42 Å². The lowest BCUT2D eigenvalue weighted by Crippen LogP contribution is -2.48. The average molecular weight is 296 g/mol. The molecule has 0 aliphatic carbocycles. The first kappa shape index (κ1) is 12.5. The second-order valence-corrected chi connectivity index (χ2v) is 4.19. The molecule has 0 aromatic carbocycles. The second-order valence-electron chi connectivity index (χ2n) is 3.33. The zero-order valence-electron chi connectivity index (χ0n) is 7.96. The molecule has 1 aliphatic heterocycles. The minimum atomic E-state index is -0.159. The van der Waals surface area contributed by atoms with Crippen LogP contribution in [0.25, 0.3) is 0 Å². The fourth-order valence-corrected chi connectivity index (χ4v) is 1.65. The van der Waals surface area contributed by atoms with Gasteiger partial charge in [0.15, 0.2) is 0 Å². The molecule has 0 atom stereocenters. The van der Waals surface area contributed by atoms with Crippen LogP contribution < -0.4 is 10.6 Å². The third kappa shape index (κ3) is 2.96. The van der Waals surface area contributed by atoms with Crippen molar-refractivity contribution in [2.24, 2.45) is 5.92 Å². The Kier molecular flexibility index (Phi) is 4.63. The maximum Gasteiger partial charge on any atom is 0.288 e. The summed E-state index contributed by atoms with van der Waals surface area (Å²) in [5, 5.41) is 5.97. The predicted octanol–water partition coefficient (Wildman–Crippen LogP) is 1.41. The molecule has 2 N–H and O–H groups in total. The Morgan fingerprint density at radius 1 is 1.67 bits per heavy atom.